The topological polar surface area (TPSA) is 83.6 Å². The summed E-state index contributed by atoms with van der Waals surface area (Å²) in [6.07, 6.45) is 0.725. The van der Waals surface area contributed by atoms with Crippen LogP contribution in [0.5, 0.6) is 0 Å². The molecule has 0 unspecified atom stereocenters. The Morgan fingerprint density at radius 2 is 1.78 bits per heavy atom. The van der Waals surface area contributed by atoms with Gasteiger partial charge >= 0.3 is 0 Å². The van der Waals surface area contributed by atoms with Crippen LogP contribution in [0.4, 0.5) is 0 Å². The van der Waals surface area contributed by atoms with Gasteiger partial charge in [0.05, 0.1) is 5.25 Å². The summed E-state index contributed by atoms with van der Waals surface area (Å²) in [5.41, 5.74) is 0.583. The third-order valence-electron chi connectivity index (χ3n) is 3.94. The zero-order valence-corrected chi connectivity index (χ0v) is 15.2. The van der Waals surface area contributed by atoms with Gasteiger partial charge in [0.2, 0.25) is 5.91 Å². The van der Waals surface area contributed by atoms with Gasteiger partial charge in [-0.25, -0.2) is 8.42 Å². The molecule has 0 aliphatic carbocycles. The number of benzene rings is 1. The van der Waals surface area contributed by atoms with Gasteiger partial charge in [-0.15, -0.1) is 0 Å². The number of carbonyl (C=O) groups excluding carboxylic acids is 2. The second-order valence-electron chi connectivity index (χ2n) is 5.48. The summed E-state index contributed by atoms with van der Waals surface area (Å²) in [5.74, 6) is -1.09. The number of hydrogen-bond donors (Lipinski definition) is 1. The van der Waals surface area contributed by atoms with Crippen LogP contribution in [0.2, 0.25) is 0 Å². The van der Waals surface area contributed by atoms with E-state index in [1.165, 1.54) is 7.05 Å². The van der Waals surface area contributed by atoms with Crippen molar-refractivity contribution < 1.29 is 18.0 Å². The molecule has 8 heteroatoms. The highest BCUT2D eigenvalue weighted by Crippen LogP contribution is 2.21. The minimum Gasteiger partial charge on any atom is -0.358 e. The zero-order chi connectivity index (χ0) is 17.0. The van der Waals surface area contributed by atoms with Crippen molar-refractivity contribution in [2.75, 3.05) is 25.9 Å². The molecule has 1 saturated heterocycles. The van der Waals surface area contributed by atoms with Gasteiger partial charge in [0.15, 0.2) is 9.84 Å². The van der Waals surface area contributed by atoms with Crippen molar-refractivity contribution in [3.8, 4) is 0 Å². The van der Waals surface area contributed by atoms with Crippen LogP contribution in [0.3, 0.4) is 0 Å². The lowest BCUT2D eigenvalue weighted by Gasteiger charge is -2.31. The normalized spacial score (nSPS) is 16.2. The Balaban J connectivity index is 1.97. The third kappa shape index (κ3) is 4.54. The molecule has 1 aliphatic heterocycles. The number of sulfone groups is 1. The summed E-state index contributed by atoms with van der Waals surface area (Å²) in [7, 11) is -2.06. The Morgan fingerprint density at radius 1 is 1.22 bits per heavy atom. The number of halogens is 1. The van der Waals surface area contributed by atoms with Crippen molar-refractivity contribution in [1.82, 2.24) is 10.2 Å². The van der Waals surface area contributed by atoms with Crippen molar-refractivity contribution in [3.05, 3.63) is 34.3 Å². The maximum atomic E-state index is 12.4. The van der Waals surface area contributed by atoms with E-state index in [-0.39, 0.29) is 5.91 Å². The highest BCUT2D eigenvalue weighted by Gasteiger charge is 2.32. The predicted octanol–water partition coefficient (Wildman–Crippen LogP) is 1.21. The lowest BCUT2D eigenvalue weighted by Crippen LogP contribution is -2.44. The van der Waals surface area contributed by atoms with E-state index in [0.29, 0.717) is 31.5 Å². The molecule has 6 nitrogen and oxygen atoms in total. The highest BCUT2D eigenvalue weighted by atomic mass is 79.9. The van der Waals surface area contributed by atoms with Crippen LogP contribution in [0.15, 0.2) is 28.7 Å². The Bertz CT molecular complexity index is 680. The van der Waals surface area contributed by atoms with Crippen LogP contribution in [-0.2, 0) is 14.6 Å². The fourth-order valence-electron chi connectivity index (χ4n) is 2.57. The van der Waals surface area contributed by atoms with Gasteiger partial charge in [0, 0.05) is 30.2 Å². The summed E-state index contributed by atoms with van der Waals surface area (Å²) in [5, 5.41) is 1.77. The fraction of sp³-hybridized carbons (Fsp3) is 0.467. The minimum atomic E-state index is -3.47. The molecule has 2 rings (SSSR count). The molecule has 0 radical (unpaired) electrons. The van der Waals surface area contributed by atoms with Crippen molar-refractivity contribution in [2.24, 2.45) is 0 Å². The van der Waals surface area contributed by atoms with E-state index >= 15 is 0 Å². The van der Waals surface area contributed by atoms with Crippen molar-refractivity contribution in [3.63, 3.8) is 0 Å². The van der Waals surface area contributed by atoms with Crippen molar-refractivity contribution >= 4 is 37.6 Å². The molecule has 1 N–H and O–H groups in total. The van der Waals surface area contributed by atoms with E-state index in [2.05, 4.69) is 21.2 Å². The summed E-state index contributed by atoms with van der Waals surface area (Å²) in [6, 6.07) is 7.07. The molecular weight excluding hydrogens is 384 g/mol. The Labute approximate surface area is 144 Å². The molecule has 2 amide bonds. The van der Waals surface area contributed by atoms with Crippen LogP contribution >= 0.6 is 15.9 Å². The number of hydrogen-bond acceptors (Lipinski definition) is 4. The first-order chi connectivity index (χ1) is 10.8. The predicted molar refractivity (Wildman–Crippen MR) is 90.9 cm³/mol. The summed E-state index contributed by atoms with van der Waals surface area (Å²) in [6.45, 7) is 0.763. The second kappa shape index (κ2) is 7.44. The largest absolute Gasteiger partial charge is 0.358 e. The van der Waals surface area contributed by atoms with E-state index in [9.17, 15) is 18.0 Å². The van der Waals surface area contributed by atoms with E-state index in [1.54, 1.807) is 29.2 Å². The maximum absolute atomic E-state index is 12.4. The molecule has 0 saturated carbocycles. The first-order valence-electron chi connectivity index (χ1n) is 7.30. The first kappa shape index (κ1) is 17.9. The molecule has 1 aliphatic rings. The number of nitrogens with zero attached hydrogens (tertiary/aromatic N) is 1. The monoisotopic (exact) mass is 402 g/mol. The fourth-order valence-corrected chi connectivity index (χ4v) is 4.50. The summed E-state index contributed by atoms with van der Waals surface area (Å²) >= 11 is 3.32. The van der Waals surface area contributed by atoms with Crippen LogP contribution in [-0.4, -0.2) is 56.3 Å². The molecule has 1 aromatic rings. The molecule has 0 spiro atoms. The lowest BCUT2D eigenvalue weighted by atomic mass is 10.1. The number of nitrogens with one attached hydrogen (secondary N) is 1. The average Bonchev–Trinajstić information content (AvgIpc) is 2.54. The Hall–Kier alpha value is -1.41. The molecular formula is C15H19BrN2O4S. The summed E-state index contributed by atoms with van der Waals surface area (Å²) in [4.78, 5) is 25.3. The van der Waals surface area contributed by atoms with Gasteiger partial charge in [0.1, 0.15) is 5.75 Å². The average molecular weight is 403 g/mol. The van der Waals surface area contributed by atoms with Crippen LogP contribution in [0, 0.1) is 0 Å². The quantitative estimate of drug-likeness (QED) is 0.820. The standard InChI is InChI=1S/C15H19BrN2O4S/c1-17-14(19)10-23(21,22)13-6-8-18(9-7-13)15(20)11-2-4-12(16)5-3-11/h2-5,13H,6-10H2,1H3,(H,17,19). The third-order valence-corrected chi connectivity index (χ3v) is 6.62. The minimum absolute atomic E-state index is 0.0975. The molecule has 23 heavy (non-hydrogen) atoms. The molecule has 0 bridgehead atoms. The van der Waals surface area contributed by atoms with E-state index in [1.807, 2.05) is 0 Å². The van der Waals surface area contributed by atoms with Crippen LogP contribution in [0.1, 0.15) is 23.2 Å². The van der Waals surface area contributed by atoms with Gasteiger partial charge in [-0.3, -0.25) is 9.59 Å². The molecule has 1 fully saturated rings. The number of carbonyl (C=O) groups is 2. The SMILES string of the molecule is CNC(=O)CS(=O)(=O)C1CCN(C(=O)c2ccc(Br)cc2)CC1. The van der Waals surface area contributed by atoms with Crippen LogP contribution < -0.4 is 5.32 Å². The summed E-state index contributed by atoms with van der Waals surface area (Å²) < 4.78 is 25.2. The Kier molecular flexibility index (Phi) is 5.80. The Morgan fingerprint density at radius 3 is 2.30 bits per heavy atom. The van der Waals surface area contributed by atoms with Crippen molar-refractivity contribution in [1.29, 1.82) is 0 Å². The number of rotatable bonds is 4. The van der Waals surface area contributed by atoms with Gasteiger partial charge in [-0.2, -0.15) is 0 Å². The maximum Gasteiger partial charge on any atom is 0.253 e. The molecule has 1 aromatic carbocycles. The molecule has 126 valence electrons. The lowest BCUT2D eigenvalue weighted by molar-refractivity contribution is -0.118. The van der Waals surface area contributed by atoms with Gasteiger partial charge in [0.25, 0.3) is 5.91 Å². The van der Waals surface area contributed by atoms with Crippen LogP contribution in [0.25, 0.3) is 0 Å². The number of amides is 2. The molecule has 0 aromatic heterocycles. The van der Waals surface area contributed by atoms with Gasteiger partial charge < -0.3 is 10.2 Å². The highest BCUT2D eigenvalue weighted by molar-refractivity contribution is 9.10. The van der Waals surface area contributed by atoms with E-state index in [0.717, 1.165) is 4.47 Å². The van der Waals surface area contributed by atoms with E-state index in [4.69, 9.17) is 0 Å². The van der Waals surface area contributed by atoms with E-state index < -0.39 is 26.7 Å². The van der Waals surface area contributed by atoms with Gasteiger partial charge in [-0.1, -0.05) is 15.9 Å². The number of piperidine rings is 1. The van der Waals surface area contributed by atoms with Gasteiger partial charge in [-0.05, 0) is 37.1 Å². The smallest absolute Gasteiger partial charge is 0.253 e. The van der Waals surface area contributed by atoms with Crippen molar-refractivity contribution in [2.45, 2.75) is 18.1 Å². The first-order valence-corrected chi connectivity index (χ1v) is 9.81. The number of likely N-dealkylation sites (tertiary alicyclic amines) is 1. The zero-order valence-electron chi connectivity index (χ0n) is 12.8. The molecule has 0 atom stereocenters. The second-order valence-corrected chi connectivity index (χ2v) is 8.68. The molecule has 1 heterocycles.